The third-order valence-electron chi connectivity index (χ3n) is 4.92. The van der Waals surface area contributed by atoms with Gasteiger partial charge < -0.3 is 10.0 Å². The first-order chi connectivity index (χ1) is 10.0. The summed E-state index contributed by atoms with van der Waals surface area (Å²) in [5.74, 6) is -1.10. The number of carbonyl (C=O) groups excluding carboxylic acids is 1. The summed E-state index contributed by atoms with van der Waals surface area (Å²) < 4.78 is 12.9. The molecule has 1 aromatic carbocycles. The predicted molar refractivity (Wildman–Crippen MR) is 74.1 cm³/mol. The Kier molecular flexibility index (Phi) is 3.43. The predicted octanol–water partition coefficient (Wildman–Crippen LogP) is 2.08. The molecule has 4 nitrogen and oxygen atoms in total. The molecular formula is C16H18FNO3. The molecule has 0 spiro atoms. The van der Waals surface area contributed by atoms with E-state index in [1.807, 2.05) is 0 Å². The summed E-state index contributed by atoms with van der Waals surface area (Å²) in [6, 6.07) is 5.86. The van der Waals surface area contributed by atoms with Gasteiger partial charge in [0.05, 0.1) is 11.8 Å². The van der Waals surface area contributed by atoms with Gasteiger partial charge in [-0.1, -0.05) is 18.6 Å². The Bertz CT molecular complexity index is 571. The largest absolute Gasteiger partial charge is 0.481 e. The number of carbonyl (C=O) groups is 2. The molecule has 21 heavy (non-hydrogen) atoms. The number of aliphatic carboxylic acids is 1. The highest BCUT2D eigenvalue weighted by Crippen LogP contribution is 2.48. The van der Waals surface area contributed by atoms with Gasteiger partial charge in [0.2, 0.25) is 5.91 Å². The van der Waals surface area contributed by atoms with Crippen molar-refractivity contribution in [2.45, 2.75) is 25.7 Å². The lowest BCUT2D eigenvalue weighted by molar-refractivity contribution is -0.149. The van der Waals surface area contributed by atoms with Crippen LogP contribution in [0.1, 0.15) is 24.8 Å². The molecular weight excluding hydrogens is 273 g/mol. The molecule has 1 aliphatic carbocycles. The number of hydrogen-bond donors (Lipinski definition) is 1. The normalized spacial score (nSPS) is 27.7. The lowest BCUT2D eigenvalue weighted by Gasteiger charge is -2.23. The molecule has 2 atom stereocenters. The molecule has 0 unspecified atom stereocenters. The first-order valence-corrected chi connectivity index (χ1v) is 7.27. The Labute approximate surface area is 122 Å². The van der Waals surface area contributed by atoms with E-state index in [9.17, 15) is 19.1 Å². The van der Waals surface area contributed by atoms with Crippen LogP contribution in [0.15, 0.2) is 24.3 Å². The lowest BCUT2D eigenvalue weighted by Crippen LogP contribution is -2.37. The van der Waals surface area contributed by atoms with E-state index in [0.717, 1.165) is 18.4 Å². The van der Waals surface area contributed by atoms with Gasteiger partial charge in [-0.3, -0.25) is 9.59 Å². The Morgan fingerprint density at radius 1 is 1.33 bits per heavy atom. The molecule has 1 saturated heterocycles. The molecule has 2 fully saturated rings. The Balaban J connectivity index is 1.70. The van der Waals surface area contributed by atoms with Crippen LogP contribution in [0.25, 0.3) is 0 Å². The van der Waals surface area contributed by atoms with Gasteiger partial charge in [0.25, 0.3) is 0 Å². The first-order valence-electron chi connectivity index (χ1n) is 7.27. The van der Waals surface area contributed by atoms with Crippen molar-refractivity contribution in [3.8, 4) is 0 Å². The van der Waals surface area contributed by atoms with Crippen molar-refractivity contribution in [2.75, 3.05) is 13.1 Å². The Morgan fingerprint density at radius 3 is 2.67 bits per heavy atom. The summed E-state index contributed by atoms with van der Waals surface area (Å²) in [7, 11) is 0. The highest BCUT2D eigenvalue weighted by Gasteiger charge is 2.55. The number of hydrogen-bond acceptors (Lipinski definition) is 2. The maximum Gasteiger partial charge on any atom is 0.311 e. The van der Waals surface area contributed by atoms with Gasteiger partial charge in [-0.2, -0.15) is 0 Å². The van der Waals surface area contributed by atoms with Crippen molar-refractivity contribution >= 4 is 11.9 Å². The summed E-state index contributed by atoms with van der Waals surface area (Å²) >= 11 is 0. The van der Waals surface area contributed by atoms with Gasteiger partial charge in [0.1, 0.15) is 5.82 Å². The minimum Gasteiger partial charge on any atom is -0.481 e. The van der Waals surface area contributed by atoms with Crippen molar-refractivity contribution in [1.29, 1.82) is 0 Å². The molecule has 1 N–H and O–H groups in total. The van der Waals surface area contributed by atoms with Gasteiger partial charge in [-0.05, 0) is 36.5 Å². The second-order valence-corrected chi connectivity index (χ2v) is 6.13. The number of amides is 1. The fourth-order valence-electron chi connectivity index (χ4n) is 3.72. The number of likely N-dealkylation sites (tertiary alicyclic amines) is 1. The maximum absolute atomic E-state index is 12.9. The molecule has 0 aromatic heterocycles. The lowest BCUT2D eigenvalue weighted by atomic mass is 9.81. The molecule has 1 saturated carbocycles. The standard InChI is InChI=1S/C16H18FNO3/c17-13-5-3-11(4-6-13)8-14(19)18-9-12-2-1-7-16(12,10-18)15(20)21/h3-6,12H,1-2,7-10H2,(H,20,21)/t12-,16+/m0/s1. The quantitative estimate of drug-likeness (QED) is 0.927. The second kappa shape index (κ2) is 5.13. The first kappa shape index (κ1) is 14.0. The number of carboxylic acids is 1. The van der Waals surface area contributed by atoms with Gasteiger partial charge in [0, 0.05) is 13.1 Å². The Hall–Kier alpha value is -1.91. The molecule has 0 radical (unpaired) electrons. The SMILES string of the molecule is O=C(Cc1ccc(F)cc1)N1C[C@@H]2CCC[C@@]2(C(=O)O)C1. The summed E-state index contributed by atoms with van der Waals surface area (Å²) in [5.41, 5.74) is 0.0150. The molecule has 2 aliphatic rings. The third kappa shape index (κ3) is 2.41. The van der Waals surface area contributed by atoms with Crippen LogP contribution >= 0.6 is 0 Å². The molecule has 112 valence electrons. The smallest absolute Gasteiger partial charge is 0.311 e. The minimum absolute atomic E-state index is 0.0726. The number of carboxylic acid groups (broad SMARTS) is 1. The van der Waals surface area contributed by atoms with E-state index in [-0.39, 0.29) is 24.1 Å². The topological polar surface area (TPSA) is 57.6 Å². The van der Waals surface area contributed by atoms with Crippen molar-refractivity contribution in [2.24, 2.45) is 11.3 Å². The van der Waals surface area contributed by atoms with Crippen molar-refractivity contribution in [1.82, 2.24) is 4.90 Å². The zero-order chi connectivity index (χ0) is 15.0. The van der Waals surface area contributed by atoms with Crippen LogP contribution in [-0.4, -0.2) is 35.0 Å². The van der Waals surface area contributed by atoms with Crippen molar-refractivity contribution in [3.05, 3.63) is 35.6 Å². The molecule has 1 aromatic rings. The van der Waals surface area contributed by atoms with E-state index in [4.69, 9.17) is 0 Å². The van der Waals surface area contributed by atoms with Crippen LogP contribution < -0.4 is 0 Å². The molecule has 1 aliphatic heterocycles. The maximum atomic E-state index is 12.9. The van der Waals surface area contributed by atoms with Crippen LogP contribution in [0.5, 0.6) is 0 Å². The second-order valence-electron chi connectivity index (χ2n) is 6.13. The fourth-order valence-corrected chi connectivity index (χ4v) is 3.72. The average molecular weight is 291 g/mol. The van der Waals surface area contributed by atoms with E-state index in [1.165, 1.54) is 12.1 Å². The summed E-state index contributed by atoms with van der Waals surface area (Å²) in [6.07, 6.45) is 2.67. The van der Waals surface area contributed by atoms with Crippen molar-refractivity contribution < 1.29 is 19.1 Å². The van der Waals surface area contributed by atoms with E-state index in [0.29, 0.717) is 19.5 Å². The third-order valence-corrected chi connectivity index (χ3v) is 4.92. The van der Waals surface area contributed by atoms with Gasteiger partial charge in [-0.25, -0.2) is 4.39 Å². The number of rotatable bonds is 3. The minimum atomic E-state index is -0.776. The van der Waals surface area contributed by atoms with Crippen LogP contribution in [-0.2, 0) is 16.0 Å². The summed E-state index contributed by atoms with van der Waals surface area (Å²) in [4.78, 5) is 25.6. The number of nitrogens with zero attached hydrogens (tertiary/aromatic N) is 1. The zero-order valence-corrected chi connectivity index (χ0v) is 11.7. The molecule has 1 amide bonds. The fraction of sp³-hybridized carbons (Fsp3) is 0.500. The number of fused-ring (bicyclic) bond motifs is 1. The van der Waals surface area contributed by atoms with Crippen LogP contribution in [0, 0.1) is 17.2 Å². The van der Waals surface area contributed by atoms with E-state index >= 15 is 0 Å². The molecule has 0 bridgehead atoms. The monoisotopic (exact) mass is 291 g/mol. The summed E-state index contributed by atoms with van der Waals surface area (Å²) in [6.45, 7) is 0.847. The molecule has 3 rings (SSSR count). The van der Waals surface area contributed by atoms with Crippen LogP contribution in [0.4, 0.5) is 4.39 Å². The molecule has 1 heterocycles. The zero-order valence-electron chi connectivity index (χ0n) is 11.7. The average Bonchev–Trinajstić information content (AvgIpc) is 2.99. The summed E-state index contributed by atoms with van der Waals surface area (Å²) in [5, 5.41) is 9.51. The van der Waals surface area contributed by atoms with Gasteiger partial charge in [-0.15, -0.1) is 0 Å². The van der Waals surface area contributed by atoms with E-state index in [2.05, 4.69) is 0 Å². The Morgan fingerprint density at radius 2 is 2.05 bits per heavy atom. The van der Waals surface area contributed by atoms with Crippen LogP contribution in [0.3, 0.4) is 0 Å². The van der Waals surface area contributed by atoms with Crippen LogP contribution in [0.2, 0.25) is 0 Å². The van der Waals surface area contributed by atoms with Crippen molar-refractivity contribution in [3.63, 3.8) is 0 Å². The van der Waals surface area contributed by atoms with Gasteiger partial charge in [0.15, 0.2) is 0 Å². The number of halogens is 1. The highest BCUT2D eigenvalue weighted by atomic mass is 19.1. The van der Waals surface area contributed by atoms with E-state index < -0.39 is 11.4 Å². The van der Waals surface area contributed by atoms with E-state index in [1.54, 1.807) is 17.0 Å². The highest BCUT2D eigenvalue weighted by molar-refractivity contribution is 5.82. The number of benzene rings is 1. The van der Waals surface area contributed by atoms with Gasteiger partial charge >= 0.3 is 5.97 Å². The molecule has 5 heteroatoms.